The van der Waals surface area contributed by atoms with Gasteiger partial charge in [-0.05, 0) is 51.5 Å². The maximum absolute atomic E-state index is 5.90. The molecule has 0 aliphatic carbocycles. The molecule has 0 spiro atoms. The molecular weight excluding hydrogens is 234 g/mol. The number of hydrogen-bond donors (Lipinski definition) is 2. The summed E-state index contributed by atoms with van der Waals surface area (Å²) >= 11 is 0. The number of aryl methyl sites for hydroxylation is 1. The Morgan fingerprint density at radius 3 is 2.68 bits per heavy atom. The van der Waals surface area contributed by atoms with Crippen LogP contribution in [0.3, 0.4) is 0 Å². The number of pyridine rings is 1. The highest BCUT2D eigenvalue weighted by Gasteiger charge is 2.17. The molecule has 0 atom stereocenters. The molecular formula is C16H23N3. The van der Waals surface area contributed by atoms with Crippen molar-refractivity contribution in [1.29, 1.82) is 0 Å². The minimum absolute atomic E-state index is 0.0695. The van der Waals surface area contributed by atoms with Gasteiger partial charge in [0.15, 0.2) is 0 Å². The summed E-state index contributed by atoms with van der Waals surface area (Å²) in [4.78, 5) is 4.56. The molecule has 3 N–H and O–H groups in total. The van der Waals surface area contributed by atoms with Crippen LogP contribution >= 0.6 is 0 Å². The van der Waals surface area contributed by atoms with E-state index in [4.69, 9.17) is 5.73 Å². The van der Waals surface area contributed by atoms with E-state index >= 15 is 0 Å². The fraction of sp³-hybridized carbons (Fsp3) is 0.438. The first kappa shape index (κ1) is 13.7. The Hall–Kier alpha value is -1.77. The van der Waals surface area contributed by atoms with Crippen LogP contribution in [0, 0.1) is 6.92 Å². The van der Waals surface area contributed by atoms with Crippen LogP contribution < -0.4 is 11.1 Å². The quantitative estimate of drug-likeness (QED) is 0.810. The van der Waals surface area contributed by atoms with Crippen LogP contribution in [0.15, 0.2) is 24.3 Å². The number of fused-ring (bicyclic) bond motifs is 1. The Bertz CT molecular complexity index is 588. The van der Waals surface area contributed by atoms with E-state index < -0.39 is 0 Å². The molecule has 2 rings (SSSR count). The number of nitrogen functional groups attached to an aromatic ring is 1. The maximum atomic E-state index is 5.90. The average molecular weight is 257 g/mol. The second-order valence-corrected chi connectivity index (χ2v) is 5.85. The molecule has 0 radical (unpaired) electrons. The van der Waals surface area contributed by atoms with E-state index in [0.717, 1.165) is 40.8 Å². The molecule has 0 aliphatic rings. The average Bonchev–Trinajstić information content (AvgIpc) is 2.29. The maximum Gasteiger partial charge on any atom is 0.0727 e. The first-order valence-corrected chi connectivity index (χ1v) is 6.86. The van der Waals surface area contributed by atoms with Gasteiger partial charge in [-0.25, -0.2) is 0 Å². The molecule has 0 saturated carbocycles. The molecule has 0 unspecified atom stereocenters. The van der Waals surface area contributed by atoms with E-state index in [0.29, 0.717) is 0 Å². The van der Waals surface area contributed by atoms with Gasteiger partial charge in [0.25, 0.3) is 0 Å². The Labute approximate surface area is 115 Å². The van der Waals surface area contributed by atoms with Crippen molar-refractivity contribution in [3.05, 3.63) is 30.0 Å². The van der Waals surface area contributed by atoms with Crippen molar-refractivity contribution in [2.45, 2.75) is 46.1 Å². The zero-order valence-electron chi connectivity index (χ0n) is 12.2. The van der Waals surface area contributed by atoms with Crippen molar-refractivity contribution in [1.82, 2.24) is 4.98 Å². The van der Waals surface area contributed by atoms with Gasteiger partial charge in [0.2, 0.25) is 0 Å². The van der Waals surface area contributed by atoms with Crippen LogP contribution in [0.4, 0.5) is 11.4 Å². The summed E-state index contributed by atoms with van der Waals surface area (Å²) in [6.07, 6.45) is 2.28. The summed E-state index contributed by atoms with van der Waals surface area (Å²) in [5, 5.41) is 4.73. The van der Waals surface area contributed by atoms with Crippen molar-refractivity contribution in [3.63, 3.8) is 0 Å². The van der Waals surface area contributed by atoms with Gasteiger partial charge in [-0.15, -0.1) is 0 Å². The summed E-state index contributed by atoms with van der Waals surface area (Å²) < 4.78 is 0. The molecule has 0 saturated heterocycles. The molecule has 0 amide bonds. The Morgan fingerprint density at radius 2 is 2.00 bits per heavy atom. The smallest absolute Gasteiger partial charge is 0.0727 e. The highest BCUT2D eigenvalue weighted by molar-refractivity contribution is 5.93. The largest absolute Gasteiger partial charge is 0.399 e. The first-order chi connectivity index (χ1) is 8.91. The van der Waals surface area contributed by atoms with Crippen LogP contribution in [0.25, 0.3) is 10.9 Å². The van der Waals surface area contributed by atoms with Crippen molar-refractivity contribution in [2.24, 2.45) is 0 Å². The van der Waals surface area contributed by atoms with Crippen LogP contribution in [0.1, 0.15) is 39.3 Å². The number of hydrogen-bond acceptors (Lipinski definition) is 3. The Kier molecular flexibility index (Phi) is 3.65. The minimum Gasteiger partial charge on any atom is -0.399 e. The molecule has 0 aliphatic heterocycles. The normalized spacial score (nSPS) is 11.8. The van der Waals surface area contributed by atoms with Crippen LogP contribution in [-0.4, -0.2) is 10.5 Å². The number of aromatic nitrogens is 1. The zero-order chi connectivity index (χ0) is 14.0. The molecule has 3 nitrogen and oxygen atoms in total. The number of nitrogens with two attached hydrogens (primary N) is 1. The number of nitrogens with one attached hydrogen (secondary N) is 1. The molecule has 3 heteroatoms. The van der Waals surface area contributed by atoms with E-state index in [2.05, 4.69) is 37.1 Å². The van der Waals surface area contributed by atoms with Gasteiger partial charge in [-0.3, -0.25) is 4.98 Å². The van der Waals surface area contributed by atoms with E-state index in [1.54, 1.807) is 0 Å². The fourth-order valence-corrected chi connectivity index (χ4v) is 2.53. The molecule has 19 heavy (non-hydrogen) atoms. The zero-order valence-corrected chi connectivity index (χ0v) is 12.2. The van der Waals surface area contributed by atoms with Crippen molar-refractivity contribution >= 4 is 22.3 Å². The molecule has 1 heterocycles. The molecule has 102 valence electrons. The van der Waals surface area contributed by atoms with Gasteiger partial charge in [0.05, 0.1) is 5.52 Å². The van der Waals surface area contributed by atoms with Gasteiger partial charge in [0, 0.05) is 28.0 Å². The molecule has 1 aromatic heterocycles. The van der Waals surface area contributed by atoms with Crippen LogP contribution in [-0.2, 0) is 0 Å². The second-order valence-electron chi connectivity index (χ2n) is 5.85. The third-order valence-corrected chi connectivity index (χ3v) is 3.31. The summed E-state index contributed by atoms with van der Waals surface area (Å²) in [7, 11) is 0. The van der Waals surface area contributed by atoms with E-state index in [-0.39, 0.29) is 5.54 Å². The summed E-state index contributed by atoms with van der Waals surface area (Å²) in [5.41, 5.74) is 9.87. The van der Waals surface area contributed by atoms with Gasteiger partial charge in [-0.2, -0.15) is 0 Å². The minimum atomic E-state index is 0.0695. The number of rotatable bonds is 4. The number of benzene rings is 1. The van der Waals surface area contributed by atoms with Crippen LogP contribution in [0.5, 0.6) is 0 Å². The highest BCUT2D eigenvalue weighted by Crippen LogP contribution is 2.28. The lowest BCUT2D eigenvalue weighted by molar-refractivity contribution is 0.511. The lowest BCUT2D eigenvalue weighted by atomic mass is 9.98. The van der Waals surface area contributed by atoms with Gasteiger partial charge in [0.1, 0.15) is 0 Å². The predicted octanol–water partition coefficient (Wildman–Crippen LogP) is 4.12. The lowest BCUT2D eigenvalue weighted by Crippen LogP contribution is -2.30. The van der Waals surface area contributed by atoms with E-state index in [1.165, 1.54) is 0 Å². The first-order valence-electron chi connectivity index (χ1n) is 6.86. The molecule has 2 aromatic rings. The predicted molar refractivity (Wildman–Crippen MR) is 83.5 cm³/mol. The number of anilines is 2. The second kappa shape index (κ2) is 5.08. The monoisotopic (exact) mass is 257 g/mol. The molecule has 0 fully saturated rings. The standard InChI is InChI=1S/C16H23N3/c1-5-8-16(3,4)19-15-9-11(2)18-14-7-6-12(17)10-13(14)15/h6-7,9-10H,5,8,17H2,1-4H3,(H,18,19). The van der Waals surface area contributed by atoms with E-state index in [1.807, 2.05) is 25.1 Å². The third-order valence-electron chi connectivity index (χ3n) is 3.31. The van der Waals surface area contributed by atoms with Crippen LogP contribution in [0.2, 0.25) is 0 Å². The van der Waals surface area contributed by atoms with Crippen molar-refractivity contribution in [2.75, 3.05) is 11.1 Å². The SMILES string of the molecule is CCCC(C)(C)Nc1cc(C)nc2ccc(N)cc12. The number of nitrogens with zero attached hydrogens (tertiary/aromatic N) is 1. The summed E-state index contributed by atoms with van der Waals surface area (Å²) in [6.45, 7) is 8.68. The van der Waals surface area contributed by atoms with Gasteiger partial charge in [-0.1, -0.05) is 13.3 Å². The lowest BCUT2D eigenvalue weighted by Gasteiger charge is -2.28. The van der Waals surface area contributed by atoms with Crippen molar-refractivity contribution in [3.8, 4) is 0 Å². The van der Waals surface area contributed by atoms with Crippen molar-refractivity contribution < 1.29 is 0 Å². The summed E-state index contributed by atoms with van der Waals surface area (Å²) in [6, 6.07) is 7.97. The van der Waals surface area contributed by atoms with Gasteiger partial charge >= 0.3 is 0 Å². The summed E-state index contributed by atoms with van der Waals surface area (Å²) in [5.74, 6) is 0. The fourth-order valence-electron chi connectivity index (χ4n) is 2.53. The topological polar surface area (TPSA) is 50.9 Å². The van der Waals surface area contributed by atoms with E-state index in [9.17, 15) is 0 Å². The molecule has 1 aromatic carbocycles. The molecule has 0 bridgehead atoms. The third kappa shape index (κ3) is 3.16. The Morgan fingerprint density at radius 1 is 1.26 bits per heavy atom. The highest BCUT2D eigenvalue weighted by atomic mass is 15.0. The van der Waals surface area contributed by atoms with Gasteiger partial charge < -0.3 is 11.1 Å². The Balaban J connectivity index is 2.49.